The summed E-state index contributed by atoms with van der Waals surface area (Å²) in [5, 5.41) is 14.0. The molecule has 0 aliphatic carbocycles. The predicted molar refractivity (Wildman–Crippen MR) is 111 cm³/mol. The van der Waals surface area contributed by atoms with Gasteiger partial charge in [0.05, 0.1) is 21.7 Å². The van der Waals surface area contributed by atoms with Crippen LogP contribution in [0.2, 0.25) is 0 Å². The number of hydrogen-bond acceptors (Lipinski definition) is 6. The highest BCUT2D eigenvalue weighted by molar-refractivity contribution is 7.22. The fraction of sp³-hybridized carbons (Fsp3) is 0.200. The zero-order valence-corrected chi connectivity index (χ0v) is 16.1. The maximum Gasteiger partial charge on any atom is 0.270 e. The molecule has 0 radical (unpaired) electrons. The Morgan fingerprint density at radius 3 is 2.96 bits per heavy atom. The van der Waals surface area contributed by atoms with Crippen LogP contribution in [0.4, 0.5) is 10.8 Å². The molecule has 0 bridgehead atoms. The maximum atomic E-state index is 12.1. The molecule has 0 atom stereocenters. The monoisotopic (exact) mass is 397 g/mol. The molecule has 8 heteroatoms. The van der Waals surface area contributed by atoms with E-state index in [-0.39, 0.29) is 11.6 Å². The van der Waals surface area contributed by atoms with Crippen molar-refractivity contribution in [1.29, 1.82) is 0 Å². The van der Waals surface area contributed by atoms with Crippen LogP contribution in [0.15, 0.2) is 48.5 Å². The number of rotatable bonds is 8. The van der Waals surface area contributed by atoms with E-state index in [2.05, 4.69) is 17.2 Å². The topological polar surface area (TPSA) is 94.4 Å². The van der Waals surface area contributed by atoms with Gasteiger partial charge in [-0.3, -0.25) is 20.2 Å². The third-order valence-corrected chi connectivity index (χ3v) is 4.80. The second kappa shape index (κ2) is 9.09. The highest BCUT2D eigenvalue weighted by Gasteiger charge is 2.08. The van der Waals surface area contributed by atoms with Crippen LogP contribution in [-0.2, 0) is 4.79 Å². The number of nitro benzene ring substituents is 1. The number of thiazole rings is 1. The van der Waals surface area contributed by atoms with E-state index in [4.69, 9.17) is 4.74 Å². The van der Waals surface area contributed by atoms with Gasteiger partial charge in [0.2, 0.25) is 5.91 Å². The van der Waals surface area contributed by atoms with Crippen molar-refractivity contribution in [3.8, 4) is 5.75 Å². The number of non-ortho nitro benzene ring substituents is 1. The molecule has 1 heterocycles. The van der Waals surface area contributed by atoms with E-state index < -0.39 is 4.92 Å². The van der Waals surface area contributed by atoms with Gasteiger partial charge in [-0.15, -0.1) is 0 Å². The number of aromatic nitrogens is 1. The number of nitrogens with zero attached hydrogens (tertiary/aromatic N) is 2. The van der Waals surface area contributed by atoms with Crippen molar-refractivity contribution < 1.29 is 14.5 Å². The summed E-state index contributed by atoms with van der Waals surface area (Å²) in [5.74, 6) is 0.429. The van der Waals surface area contributed by atoms with Gasteiger partial charge in [0, 0.05) is 18.2 Å². The van der Waals surface area contributed by atoms with E-state index in [0.717, 1.165) is 28.8 Å². The molecule has 0 aliphatic heterocycles. The van der Waals surface area contributed by atoms with Crippen LogP contribution in [0.3, 0.4) is 0 Å². The summed E-state index contributed by atoms with van der Waals surface area (Å²) in [6.07, 6.45) is 4.92. The lowest BCUT2D eigenvalue weighted by Crippen LogP contribution is -2.07. The van der Waals surface area contributed by atoms with Gasteiger partial charge in [-0.1, -0.05) is 36.8 Å². The first kappa shape index (κ1) is 19.5. The Morgan fingerprint density at radius 1 is 1.32 bits per heavy atom. The summed E-state index contributed by atoms with van der Waals surface area (Å²) in [6, 6.07) is 11.7. The minimum absolute atomic E-state index is 0.0225. The minimum atomic E-state index is -0.473. The Labute approximate surface area is 165 Å². The molecule has 28 heavy (non-hydrogen) atoms. The third kappa shape index (κ3) is 5.14. The largest absolute Gasteiger partial charge is 0.494 e. The number of unbranched alkanes of at least 4 members (excludes halogenated alkanes) is 1. The van der Waals surface area contributed by atoms with Crippen molar-refractivity contribution in [1.82, 2.24) is 4.98 Å². The molecule has 0 saturated heterocycles. The molecule has 3 rings (SSSR count). The second-order valence-corrected chi connectivity index (χ2v) is 7.06. The number of benzene rings is 2. The van der Waals surface area contributed by atoms with Crippen molar-refractivity contribution in [2.75, 3.05) is 11.9 Å². The first-order valence-corrected chi connectivity index (χ1v) is 9.63. The Hall–Kier alpha value is -3.26. The van der Waals surface area contributed by atoms with Crippen LogP contribution in [0.1, 0.15) is 25.3 Å². The highest BCUT2D eigenvalue weighted by Crippen LogP contribution is 2.29. The van der Waals surface area contributed by atoms with Crippen molar-refractivity contribution in [2.24, 2.45) is 0 Å². The summed E-state index contributed by atoms with van der Waals surface area (Å²) < 4.78 is 6.61. The van der Waals surface area contributed by atoms with Gasteiger partial charge in [0.15, 0.2) is 5.13 Å². The van der Waals surface area contributed by atoms with E-state index in [9.17, 15) is 14.9 Å². The first-order valence-electron chi connectivity index (χ1n) is 8.82. The van der Waals surface area contributed by atoms with E-state index in [0.29, 0.717) is 17.3 Å². The van der Waals surface area contributed by atoms with E-state index >= 15 is 0 Å². The first-order chi connectivity index (χ1) is 13.5. The molecule has 1 aromatic heterocycles. The van der Waals surface area contributed by atoms with Gasteiger partial charge in [-0.25, -0.2) is 4.98 Å². The Kier molecular flexibility index (Phi) is 6.33. The summed E-state index contributed by atoms with van der Waals surface area (Å²) in [7, 11) is 0. The van der Waals surface area contributed by atoms with Crippen LogP contribution < -0.4 is 10.1 Å². The Morgan fingerprint density at radius 2 is 2.18 bits per heavy atom. The summed E-state index contributed by atoms with van der Waals surface area (Å²) in [4.78, 5) is 26.9. The number of amides is 1. The molecule has 1 N–H and O–H groups in total. The number of fused-ring (bicyclic) bond motifs is 1. The van der Waals surface area contributed by atoms with Crippen LogP contribution in [-0.4, -0.2) is 22.4 Å². The van der Waals surface area contributed by atoms with Crippen LogP contribution in [0.25, 0.3) is 16.3 Å². The lowest BCUT2D eigenvalue weighted by molar-refractivity contribution is -0.384. The summed E-state index contributed by atoms with van der Waals surface area (Å²) >= 11 is 1.36. The predicted octanol–water partition coefficient (Wildman–Crippen LogP) is 5.04. The fourth-order valence-corrected chi connectivity index (χ4v) is 3.34. The lowest BCUT2D eigenvalue weighted by Gasteiger charge is -2.04. The Bertz CT molecular complexity index is 1030. The zero-order valence-electron chi connectivity index (χ0n) is 15.3. The number of carbonyl (C=O) groups is 1. The second-order valence-electron chi connectivity index (χ2n) is 6.03. The van der Waals surface area contributed by atoms with Gasteiger partial charge >= 0.3 is 0 Å². The average Bonchev–Trinajstić information content (AvgIpc) is 3.08. The van der Waals surface area contributed by atoms with Crippen molar-refractivity contribution in [2.45, 2.75) is 19.8 Å². The molecule has 0 fully saturated rings. The Balaban J connectivity index is 1.65. The van der Waals surface area contributed by atoms with Crippen molar-refractivity contribution >= 4 is 44.4 Å². The van der Waals surface area contributed by atoms with Gasteiger partial charge in [-0.2, -0.15) is 0 Å². The van der Waals surface area contributed by atoms with E-state index in [1.807, 2.05) is 18.2 Å². The van der Waals surface area contributed by atoms with Gasteiger partial charge in [-0.05, 0) is 36.3 Å². The minimum Gasteiger partial charge on any atom is -0.494 e. The SMILES string of the molecule is CCCCOc1ccc2nc(NC(=O)/C=C/c3cccc([N+](=O)[O-])c3)sc2c1. The molecule has 0 aliphatic rings. The number of nitrogens with one attached hydrogen (secondary N) is 1. The molecule has 7 nitrogen and oxygen atoms in total. The van der Waals surface area contributed by atoms with Gasteiger partial charge in [0.1, 0.15) is 5.75 Å². The molecule has 0 unspecified atom stereocenters. The van der Waals surface area contributed by atoms with E-state index in [1.165, 1.54) is 35.6 Å². The van der Waals surface area contributed by atoms with Crippen molar-refractivity contribution in [3.63, 3.8) is 0 Å². The molecule has 0 saturated carbocycles. The molecular weight excluding hydrogens is 378 g/mol. The van der Waals surface area contributed by atoms with Crippen LogP contribution in [0, 0.1) is 10.1 Å². The van der Waals surface area contributed by atoms with Crippen LogP contribution in [0.5, 0.6) is 5.75 Å². The van der Waals surface area contributed by atoms with E-state index in [1.54, 1.807) is 12.1 Å². The quantitative estimate of drug-likeness (QED) is 0.249. The number of carbonyl (C=O) groups excluding carboxylic acids is 1. The average molecular weight is 397 g/mol. The smallest absolute Gasteiger partial charge is 0.270 e. The van der Waals surface area contributed by atoms with Crippen LogP contribution >= 0.6 is 11.3 Å². The highest BCUT2D eigenvalue weighted by atomic mass is 32.1. The zero-order chi connectivity index (χ0) is 19.9. The number of hydrogen-bond donors (Lipinski definition) is 1. The lowest BCUT2D eigenvalue weighted by atomic mass is 10.2. The molecule has 0 spiro atoms. The van der Waals surface area contributed by atoms with Crippen molar-refractivity contribution in [3.05, 3.63) is 64.2 Å². The molecule has 3 aromatic rings. The normalized spacial score (nSPS) is 11.0. The summed E-state index contributed by atoms with van der Waals surface area (Å²) in [5.41, 5.74) is 1.33. The number of ether oxygens (including phenoxy) is 1. The standard InChI is InChI=1S/C20H19N3O4S/c1-2-3-11-27-16-8-9-17-18(13-16)28-20(21-17)22-19(24)10-7-14-5-4-6-15(12-14)23(25)26/h4-10,12-13H,2-3,11H2,1H3,(H,21,22,24)/b10-7+. The molecule has 2 aromatic carbocycles. The maximum absolute atomic E-state index is 12.1. The molecule has 1 amide bonds. The molecule has 144 valence electrons. The molecular formula is C20H19N3O4S. The van der Waals surface area contributed by atoms with Gasteiger partial charge in [0.25, 0.3) is 5.69 Å². The number of nitro groups is 1. The van der Waals surface area contributed by atoms with Gasteiger partial charge < -0.3 is 4.74 Å². The summed E-state index contributed by atoms with van der Waals surface area (Å²) in [6.45, 7) is 2.78. The number of anilines is 1. The third-order valence-electron chi connectivity index (χ3n) is 3.86. The fourth-order valence-electron chi connectivity index (χ4n) is 2.44.